The molecule has 0 radical (unpaired) electrons. The van der Waals surface area contributed by atoms with Crippen LogP contribution in [0.2, 0.25) is 10.0 Å². The van der Waals surface area contributed by atoms with Gasteiger partial charge in [0.1, 0.15) is 28.1 Å². The Morgan fingerprint density at radius 2 is 1.69 bits per heavy atom. The summed E-state index contributed by atoms with van der Waals surface area (Å²) in [5, 5.41) is 13.3. The summed E-state index contributed by atoms with van der Waals surface area (Å²) in [7, 11) is 1.60. The zero-order valence-corrected chi connectivity index (χ0v) is 25.4. The molecule has 4 aromatic rings. The molecule has 3 amide bonds. The number of pyridine rings is 1. The van der Waals surface area contributed by atoms with Crippen LogP contribution in [0, 0.1) is 0 Å². The van der Waals surface area contributed by atoms with E-state index in [-0.39, 0.29) is 39.2 Å². The summed E-state index contributed by atoms with van der Waals surface area (Å²) >= 11 is 13.0. The molecule has 4 rings (SSSR count). The van der Waals surface area contributed by atoms with Crippen molar-refractivity contribution in [2.24, 2.45) is 0 Å². The fourth-order valence-electron chi connectivity index (χ4n) is 3.90. The molecular formula is C30H32Cl2N6O4. The number of carbonyl (C=O) groups is 2. The van der Waals surface area contributed by atoms with Gasteiger partial charge in [-0.3, -0.25) is 15.1 Å². The maximum absolute atomic E-state index is 13.1. The van der Waals surface area contributed by atoms with E-state index in [2.05, 4.69) is 20.9 Å². The average Bonchev–Trinajstić information content (AvgIpc) is 3.37. The number of benzene rings is 2. The van der Waals surface area contributed by atoms with E-state index in [1.54, 1.807) is 42.3 Å². The predicted molar refractivity (Wildman–Crippen MR) is 165 cm³/mol. The molecule has 0 atom stereocenters. The minimum Gasteiger partial charge on any atom is -0.497 e. The summed E-state index contributed by atoms with van der Waals surface area (Å²) in [6.07, 6.45) is 1.66. The van der Waals surface area contributed by atoms with Crippen LogP contribution in [-0.2, 0) is 16.6 Å². The number of aromatic nitrogens is 3. The van der Waals surface area contributed by atoms with Crippen molar-refractivity contribution in [1.29, 1.82) is 0 Å². The molecule has 0 bridgehead atoms. The normalized spacial score (nSPS) is 11.1. The number of halogens is 2. The van der Waals surface area contributed by atoms with Crippen molar-refractivity contribution >= 4 is 46.6 Å². The van der Waals surface area contributed by atoms with Gasteiger partial charge in [0.25, 0.3) is 0 Å². The van der Waals surface area contributed by atoms with Crippen LogP contribution in [0.15, 0.2) is 60.8 Å². The van der Waals surface area contributed by atoms with Crippen LogP contribution in [-0.4, -0.2) is 40.4 Å². The number of anilines is 2. The molecule has 12 heteroatoms. The highest BCUT2D eigenvalue weighted by molar-refractivity contribution is 6.45. The number of methoxy groups -OCH3 is 1. The third-order valence-corrected chi connectivity index (χ3v) is 6.93. The van der Waals surface area contributed by atoms with Gasteiger partial charge in [0.05, 0.1) is 41.3 Å². The van der Waals surface area contributed by atoms with Crippen molar-refractivity contribution in [2.75, 3.05) is 24.3 Å². The van der Waals surface area contributed by atoms with Crippen molar-refractivity contribution < 1.29 is 19.1 Å². The first-order valence-electron chi connectivity index (χ1n) is 13.2. The molecule has 0 saturated heterocycles. The number of ether oxygens (including phenoxy) is 2. The quantitative estimate of drug-likeness (QED) is 0.188. The van der Waals surface area contributed by atoms with Crippen molar-refractivity contribution in [3.05, 3.63) is 82.2 Å². The number of nitrogens with zero attached hydrogens (tertiary/aromatic N) is 3. The predicted octanol–water partition coefficient (Wildman–Crippen LogP) is 7.00. The van der Waals surface area contributed by atoms with E-state index >= 15 is 0 Å². The van der Waals surface area contributed by atoms with Gasteiger partial charge in [-0.15, -0.1) is 0 Å². The molecular weight excluding hydrogens is 579 g/mol. The highest BCUT2D eigenvalue weighted by atomic mass is 35.5. The van der Waals surface area contributed by atoms with Crippen LogP contribution in [0.25, 0.3) is 5.69 Å². The van der Waals surface area contributed by atoms with Gasteiger partial charge in [-0.25, -0.2) is 9.48 Å². The number of rotatable bonds is 9. The van der Waals surface area contributed by atoms with Crippen molar-refractivity contribution in [3.63, 3.8) is 0 Å². The van der Waals surface area contributed by atoms with Crippen molar-refractivity contribution in [3.8, 4) is 22.9 Å². The standard InChI is InChI=1S/C30H32Cl2N6O4/c1-6-33-26(39)16-18-15-21(13-14-34-18)42-23-12-11-22(27(31)28(23)32)35-29(40)36-25-17-24(30(2,3)4)37-38(25)19-7-9-20(41-5)10-8-19/h7-15,17H,6,16H2,1-5H3,(H,33,39)(H2,35,36,40). The lowest BCUT2D eigenvalue weighted by Gasteiger charge is -2.14. The fraction of sp³-hybridized carbons (Fsp3) is 0.267. The van der Waals surface area contributed by atoms with Gasteiger partial charge >= 0.3 is 6.03 Å². The Bertz CT molecular complexity index is 1580. The Kier molecular flexibility index (Phi) is 9.59. The van der Waals surface area contributed by atoms with Gasteiger partial charge in [-0.05, 0) is 49.4 Å². The van der Waals surface area contributed by atoms with Gasteiger partial charge in [-0.2, -0.15) is 5.10 Å². The lowest BCUT2D eigenvalue weighted by molar-refractivity contribution is -0.120. The molecule has 2 heterocycles. The zero-order chi connectivity index (χ0) is 30.4. The van der Waals surface area contributed by atoms with Gasteiger partial charge in [0.2, 0.25) is 5.91 Å². The SMILES string of the molecule is CCNC(=O)Cc1cc(Oc2ccc(NC(=O)Nc3cc(C(C)(C)C)nn3-c3ccc(OC)cc3)c(Cl)c2Cl)ccn1. The Morgan fingerprint density at radius 1 is 0.952 bits per heavy atom. The van der Waals surface area contributed by atoms with E-state index in [1.165, 1.54) is 0 Å². The lowest BCUT2D eigenvalue weighted by atomic mass is 9.92. The van der Waals surface area contributed by atoms with E-state index in [4.69, 9.17) is 37.8 Å². The summed E-state index contributed by atoms with van der Waals surface area (Å²) in [5.74, 6) is 1.73. The Hall–Kier alpha value is -4.28. The van der Waals surface area contributed by atoms with Crippen LogP contribution in [0.1, 0.15) is 39.1 Å². The molecule has 3 N–H and O–H groups in total. The van der Waals surface area contributed by atoms with Gasteiger partial charge < -0.3 is 20.1 Å². The molecule has 220 valence electrons. The third kappa shape index (κ3) is 7.51. The molecule has 0 aliphatic heterocycles. The minimum absolute atomic E-state index is 0.0972. The third-order valence-electron chi connectivity index (χ3n) is 6.06. The lowest BCUT2D eigenvalue weighted by Crippen LogP contribution is -2.24. The second-order valence-corrected chi connectivity index (χ2v) is 11.1. The van der Waals surface area contributed by atoms with E-state index in [9.17, 15) is 9.59 Å². The molecule has 10 nitrogen and oxygen atoms in total. The number of hydrogen-bond donors (Lipinski definition) is 3. The summed E-state index contributed by atoms with van der Waals surface area (Å²) in [6.45, 7) is 8.50. The van der Waals surface area contributed by atoms with Gasteiger partial charge in [-0.1, -0.05) is 44.0 Å². The van der Waals surface area contributed by atoms with Crippen molar-refractivity contribution in [1.82, 2.24) is 20.1 Å². The zero-order valence-electron chi connectivity index (χ0n) is 23.9. The largest absolute Gasteiger partial charge is 0.497 e. The molecule has 0 saturated carbocycles. The first-order chi connectivity index (χ1) is 20.0. The number of likely N-dealkylation sites (N-methyl/N-ethyl adjacent to an activating group) is 1. The number of urea groups is 1. The summed E-state index contributed by atoms with van der Waals surface area (Å²) in [6, 6.07) is 15.1. The maximum Gasteiger partial charge on any atom is 0.324 e. The van der Waals surface area contributed by atoms with E-state index in [1.807, 2.05) is 58.0 Å². The maximum atomic E-state index is 13.1. The molecule has 0 aliphatic carbocycles. The summed E-state index contributed by atoms with van der Waals surface area (Å²) in [5.41, 5.74) is 2.11. The first-order valence-corrected chi connectivity index (χ1v) is 13.9. The van der Waals surface area contributed by atoms with Crippen LogP contribution in [0.3, 0.4) is 0 Å². The average molecular weight is 612 g/mol. The minimum atomic E-state index is -0.541. The summed E-state index contributed by atoms with van der Waals surface area (Å²) in [4.78, 5) is 29.2. The summed E-state index contributed by atoms with van der Waals surface area (Å²) < 4.78 is 12.8. The molecule has 0 unspecified atom stereocenters. The van der Waals surface area contributed by atoms with E-state index in [0.717, 1.165) is 11.4 Å². The van der Waals surface area contributed by atoms with E-state index < -0.39 is 6.03 Å². The Labute approximate surface area is 254 Å². The Balaban J connectivity index is 1.50. The smallest absolute Gasteiger partial charge is 0.324 e. The number of nitrogens with one attached hydrogen (secondary N) is 3. The van der Waals surface area contributed by atoms with Gasteiger partial charge in [0.15, 0.2) is 0 Å². The second-order valence-electron chi connectivity index (χ2n) is 10.3. The van der Waals surface area contributed by atoms with Crippen LogP contribution in [0.4, 0.5) is 16.3 Å². The highest BCUT2D eigenvalue weighted by Crippen LogP contribution is 2.39. The highest BCUT2D eigenvalue weighted by Gasteiger charge is 2.22. The van der Waals surface area contributed by atoms with E-state index in [0.29, 0.717) is 29.6 Å². The van der Waals surface area contributed by atoms with Crippen LogP contribution < -0.4 is 25.4 Å². The number of hydrogen-bond acceptors (Lipinski definition) is 6. The molecule has 0 aliphatic rings. The van der Waals surface area contributed by atoms with Crippen molar-refractivity contribution in [2.45, 2.75) is 39.5 Å². The molecule has 42 heavy (non-hydrogen) atoms. The first kappa shape index (κ1) is 30.7. The molecule has 0 fully saturated rings. The fourth-order valence-corrected chi connectivity index (χ4v) is 4.31. The monoisotopic (exact) mass is 610 g/mol. The van der Waals surface area contributed by atoms with Gasteiger partial charge in [0, 0.05) is 30.3 Å². The number of carbonyl (C=O) groups excluding carboxylic acids is 2. The number of amides is 3. The Morgan fingerprint density at radius 3 is 2.36 bits per heavy atom. The molecule has 0 spiro atoms. The van der Waals surface area contributed by atoms with Crippen LogP contribution in [0.5, 0.6) is 17.2 Å². The molecule has 2 aromatic carbocycles. The second kappa shape index (κ2) is 13.1. The topological polar surface area (TPSA) is 119 Å². The van der Waals surface area contributed by atoms with Crippen LogP contribution >= 0.6 is 23.2 Å². The molecule has 2 aromatic heterocycles.